The van der Waals surface area contributed by atoms with Gasteiger partial charge in [0.1, 0.15) is 11.9 Å². The molecule has 0 saturated heterocycles. The predicted octanol–water partition coefficient (Wildman–Crippen LogP) is 3.79. The average Bonchev–Trinajstić information content (AvgIpc) is 3.18. The molecule has 0 unspecified atom stereocenters. The molecule has 0 bridgehead atoms. The van der Waals surface area contributed by atoms with E-state index < -0.39 is 0 Å². The van der Waals surface area contributed by atoms with Crippen molar-refractivity contribution in [3.8, 4) is 5.75 Å². The van der Waals surface area contributed by atoms with Gasteiger partial charge in [-0.3, -0.25) is 5.10 Å². The summed E-state index contributed by atoms with van der Waals surface area (Å²) in [6.45, 7) is 0. The molecule has 2 atom stereocenters. The number of nitrogens with zero attached hydrogens (tertiary/aromatic N) is 1. The third-order valence-corrected chi connectivity index (χ3v) is 5.17. The second kappa shape index (κ2) is 6.29. The second-order valence-corrected chi connectivity index (χ2v) is 6.87. The molecular weight excluding hydrogens is 274 g/mol. The zero-order valence-electron chi connectivity index (χ0n) is 13.1. The molecular formula is C18H25N3O. The highest BCUT2D eigenvalue weighted by molar-refractivity contribution is 5.79. The molecule has 0 radical (unpaired) electrons. The summed E-state index contributed by atoms with van der Waals surface area (Å²) in [4.78, 5) is 0. The number of aromatic nitrogens is 2. The average molecular weight is 299 g/mol. The van der Waals surface area contributed by atoms with E-state index in [1.54, 1.807) is 0 Å². The number of H-pyrrole nitrogens is 1. The number of hydrogen-bond acceptors (Lipinski definition) is 3. The third kappa shape index (κ3) is 3.12. The van der Waals surface area contributed by atoms with Crippen molar-refractivity contribution in [3.63, 3.8) is 0 Å². The minimum atomic E-state index is 0.344. The summed E-state index contributed by atoms with van der Waals surface area (Å²) in [6, 6.07) is 7.58. The van der Waals surface area contributed by atoms with Crippen LogP contribution in [0.4, 0.5) is 0 Å². The maximum absolute atomic E-state index is 6.25. The number of benzene rings is 1. The van der Waals surface area contributed by atoms with E-state index in [1.807, 2.05) is 6.20 Å². The number of nitrogens with one attached hydrogen (secondary N) is 2. The van der Waals surface area contributed by atoms with Crippen LogP contribution < -0.4 is 10.1 Å². The summed E-state index contributed by atoms with van der Waals surface area (Å²) >= 11 is 0. The van der Waals surface area contributed by atoms with Crippen LogP contribution in [0.25, 0.3) is 10.9 Å². The zero-order chi connectivity index (χ0) is 14.8. The molecule has 118 valence electrons. The Morgan fingerprint density at radius 3 is 2.82 bits per heavy atom. The van der Waals surface area contributed by atoms with Crippen molar-refractivity contribution in [2.24, 2.45) is 0 Å². The third-order valence-electron chi connectivity index (χ3n) is 5.17. The fraction of sp³-hybridized carbons (Fsp3) is 0.611. The summed E-state index contributed by atoms with van der Waals surface area (Å²) in [5, 5.41) is 12.0. The summed E-state index contributed by atoms with van der Waals surface area (Å²) in [5.41, 5.74) is 1.07. The van der Waals surface area contributed by atoms with Crippen LogP contribution in [0.5, 0.6) is 5.75 Å². The SMILES string of the molecule is c1cc2[nH]ncc2cc1O[C@H]1CCC[C@H](NC2CCCC2)C1. The number of hydrogen-bond donors (Lipinski definition) is 2. The first kappa shape index (κ1) is 14.1. The molecule has 1 aromatic heterocycles. The molecule has 2 fully saturated rings. The van der Waals surface area contributed by atoms with Crippen LogP contribution >= 0.6 is 0 Å². The van der Waals surface area contributed by atoms with Crippen LogP contribution in [0.15, 0.2) is 24.4 Å². The van der Waals surface area contributed by atoms with Gasteiger partial charge in [0.25, 0.3) is 0 Å². The summed E-state index contributed by atoms with van der Waals surface area (Å²) in [5.74, 6) is 0.973. The zero-order valence-corrected chi connectivity index (χ0v) is 13.1. The highest BCUT2D eigenvalue weighted by Crippen LogP contribution is 2.27. The lowest BCUT2D eigenvalue weighted by Gasteiger charge is -2.32. The molecule has 4 rings (SSSR count). The lowest BCUT2D eigenvalue weighted by Crippen LogP contribution is -2.42. The smallest absolute Gasteiger partial charge is 0.120 e. The second-order valence-electron chi connectivity index (χ2n) is 6.87. The Balaban J connectivity index is 1.37. The molecule has 2 aliphatic rings. The number of fused-ring (bicyclic) bond motifs is 1. The van der Waals surface area contributed by atoms with E-state index in [0.717, 1.165) is 29.1 Å². The Kier molecular flexibility index (Phi) is 4.02. The molecule has 0 amide bonds. The molecule has 4 nitrogen and oxygen atoms in total. The van der Waals surface area contributed by atoms with Crippen molar-refractivity contribution in [2.75, 3.05) is 0 Å². The Hall–Kier alpha value is -1.55. The molecule has 0 aliphatic heterocycles. The monoisotopic (exact) mass is 299 g/mol. The van der Waals surface area contributed by atoms with Gasteiger partial charge in [-0.25, -0.2) is 0 Å². The molecule has 2 aromatic rings. The Labute approximate surface area is 131 Å². The van der Waals surface area contributed by atoms with Gasteiger partial charge in [0.2, 0.25) is 0 Å². The summed E-state index contributed by atoms with van der Waals surface area (Å²) < 4.78 is 6.25. The molecule has 2 aliphatic carbocycles. The van der Waals surface area contributed by atoms with Crippen molar-refractivity contribution >= 4 is 10.9 Å². The fourth-order valence-corrected chi connectivity index (χ4v) is 4.02. The van der Waals surface area contributed by atoms with Gasteiger partial charge < -0.3 is 10.1 Å². The number of aromatic amines is 1. The topological polar surface area (TPSA) is 49.9 Å². The molecule has 2 N–H and O–H groups in total. The molecule has 1 aromatic carbocycles. The highest BCUT2D eigenvalue weighted by atomic mass is 16.5. The van der Waals surface area contributed by atoms with Gasteiger partial charge >= 0.3 is 0 Å². The summed E-state index contributed by atoms with van der Waals surface area (Å²) in [6.07, 6.45) is 12.6. The molecule has 1 heterocycles. The van der Waals surface area contributed by atoms with Crippen molar-refractivity contribution in [2.45, 2.75) is 69.6 Å². The predicted molar refractivity (Wildman–Crippen MR) is 88.2 cm³/mol. The Morgan fingerprint density at radius 2 is 1.91 bits per heavy atom. The molecule has 22 heavy (non-hydrogen) atoms. The van der Waals surface area contributed by atoms with Crippen LogP contribution in [0.3, 0.4) is 0 Å². The minimum absolute atomic E-state index is 0.344. The van der Waals surface area contributed by atoms with E-state index >= 15 is 0 Å². The van der Waals surface area contributed by atoms with Crippen molar-refractivity contribution in [3.05, 3.63) is 24.4 Å². The lowest BCUT2D eigenvalue weighted by atomic mass is 9.92. The first-order chi connectivity index (χ1) is 10.9. The Morgan fingerprint density at radius 1 is 1.05 bits per heavy atom. The normalized spacial score (nSPS) is 26.5. The van der Waals surface area contributed by atoms with Gasteiger partial charge in [-0.05, 0) is 56.7 Å². The van der Waals surface area contributed by atoms with Crippen molar-refractivity contribution in [1.29, 1.82) is 0 Å². The summed E-state index contributed by atoms with van der Waals surface area (Å²) in [7, 11) is 0. The van der Waals surface area contributed by atoms with Crippen LogP contribution in [-0.2, 0) is 0 Å². The van der Waals surface area contributed by atoms with Crippen LogP contribution in [-0.4, -0.2) is 28.4 Å². The van der Waals surface area contributed by atoms with E-state index in [4.69, 9.17) is 4.74 Å². The number of rotatable bonds is 4. The van der Waals surface area contributed by atoms with Gasteiger partial charge in [0.05, 0.1) is 11.7 Å². The fourth-order valence-electron chi connectivity index (χ4n) is 4.02. The van der Waals surface area contributed by atoms with Crippen molar-refractivity contribution < 1.29 is 4.74 Å². The van der Waals surface area contributed by atoms with E-state index in [-0.39, 0.29) is 0 Å². The van der Waals surface area contributed by atoms with Gasteiger partial charge in [0, 0.05) is 17.5 Å². The molecule has 2 saturated carbocycles. The van der Waals surface area contributed by atoms with Crippen molar-refractivity contribution in [1.82, 2.24) is 15.5 Å². The molecule has 4 heteroatoms. The van der Waals surface area contributed by atoms with Gasteiger partial charge in [0.15, 0.2) is 0 Å². The quantitative estimate of drug-likeness (QED) is 0.903. The maximum Gasteiger partial charge on any atom is 0.120 e. The largest absolute Gasteiger partial charge is 0.490 e. The van der Waals surface area contributed by atoms with E-state index in [2.05, 4.69) is 33.7 Å². The van der Waals surface area contributed by atoms with Gasteiger partial charge in [-0.2, -0.15) is 5.10 Å². The van der Waals surface area contributed by atoms with Gasteiger partial charge in [-0.1, -0.05) is 12.8 Å². The van der Waals surface area contributed by atoms with Crippen LogP contribution in [0.1, 0.15) is 51.4 Å². The maximum atomic E-state index is 6.25. The van der Waals surface area contributed by atoms with E-state index in [9.17, 15) is 0 Å². The minimum Gasteiger partial charge on any atom is -0.490 e. The van der Waals surface area contributed by atoms with E-state index in [1.165, 1.54) is 44.9 Å². The first-order valence-corrected chi connectivity index (χ1v) is 8.73. The van der Waals surface area contributed by atoms with Crippen LogP contribution in [0, 0.1) is 0 Å². The van der Waals surface area contributed by atoms with Gasteiger partial charge in [-0.15, -0.1) is 0 Å². The number of ether oxygens (including phenoxy) is 1. The molecule has 0 spiro atoms. The standard InChI is InChI=1S/C18H25N3O/c1-2-5-14(4-1)20-15-6-3-7-16(11-15)22-17-8-9-18-13(10-17)12-19-21-18/h8-10,12,14-16,20H,1-7,11H2,(H,19,21)/t15-,16-/m0/s1. The Bertz CT molecular complexity index is 618. The van der Waals surface area contributed by atoms with Crippen LogP contribution in [0.2, 0.25) is 0 Å². The first-order valence-electron chi connectivity index (χ1n) is 8.73. The lowest BCUT2D eigenvalue weighted by molar-refractivity contribution is 0.131. The highest BCUT2D eigenvalue weighted by Gasteiger charge is 2.26. The van der Waals surface area contributed by atoms with E-state index in [0.29, 0.717) is 12.1 Å².